The van der Waals surface area contributed by atoms with Gasteiger partial charge >= 0.3 is 0 Å². The first kappa shape index (κ1) is 11.7. The van der Waals surface area contributed by atoms with Crippen LogP contribution >= 0.6 is 11.6 Å². The van der Waals surface area contributed by atoms with Gasteiger partial charge in [0.15, 0.2) is 0 Å². The van der Waals surface area contributed by atoms with Crippen LogP contribution < -0.4 is 10.2 Å². The fraction of sp³-hybridized carbons (Fsp3) is 0.583. The van der Waals surface area contributed by atoms with Gasteiger partial charge in [0.25, 0.3) is 0 Å². The lowest BCUT2D eigenvalue weighted by Crippen LogP contribution is -2.29. The molecule has 2 heterocycles. The molecule has 1 saturated heterocycles. The molecule has 1 aromatic heterocycles. The van der Waals surface area contributed by atoms with Gasteiger partial charge in [-0.1, -0.05) is 11.6 Å². The van der Waals surface area contributed by atoms with E-state index in [9.17, 15) is 4.79 Å². The van der Waals surface area contributed by atoms with Crippen LogP contribution in [0.1, 0.15) is 31.0 Å². The number of carbonyl (C=O) groups is 1. The highest BCUT2D eigenvalue weighted by molar-refractivity contribution is 6.29. The van der Waals surface area contributed by atoms with Gasteiger partial charge in [0, 0.05) is 38.0 Å². The van der Waals surface area contributed by atoms with E-state index in [0.717, 1.165) is 31.0 Å². The zero-order chi connectivity index (χ0) is 12.5. The molecule has 0 unspecified atom stereocenters. The summed E-state index contributed by atoms with van der Waals surface area (Å²) in [5.74, 6) is 2.27. The molecular weight excluding hydrogens is 252 g/mol. The molecule has 0 atom stereocenters. The molecule has 1 aromatic rings. The van der Waals surface area contributed by atoms with Gasteiger partial charge in [-0.2, -0.15) is 0 Å². The van der Waals surface area contributed by atoms with Crippen LogP contribution in [0.25, 0.3) is 0 Å². The lowest BCUT2D eigenvalue weighted by molar-refractivity contribution is -0.120. The van der Waals surface area contributed by atoms with Crippen molar-refractivity contribution in [2.45, 2.75) is 25.2 Å². The Morgan fingerprint density at radius 1 is 1.33 bits per heavy atom. The van der Waals surface area contributed by atoms with Gasteiger partial charge in [0.1, 0.15) is 16.8 Å². The van der Waals surface area contributed by atoms with Crippen molar-refractivity contribution in [2.75, 3.05) is 24.5 Å². The van der Waals surface area contributed by atoms with Crippen molar-refractivity contribution < 1.29 is 4.79 Å². The summed E-state index contributed by atoms with van der Waals surface area (Å²) in [4.78, 5) is 22.3. The number of nitrogens with one attached hydrogen (secondary N) is 1. The molecule has 5 nitrogen and oxygen atoms in total. The molecule has 0 radical (unpaired) electrons. The van der Waals surface area contributed by atoms with E-state index in [1.165, 1.54) is 0 Å². The molecular formula is C12H15ClN4O. The lowest BCUT2D eigenvalue weighted by Gasteiger charge is -2.21. The van der Waals surface area contributed by atoms with E-state index in [2.05, 4.69) is 20.2 Å². The Hall–Kier alpha value is -1.36. The van der Waals surface area contributed by atoms with Crippen LogP contribution in [0.15, 0.2) is 6.07 Å². The summed E-state index contributed by atoms with van der Waals surface area (Å²) >= 11 is 6.05. The first-order valence-corrected chi connectivity index (χ1v) is 6.66. The second-order valence-electron chi connectivity index (χ2n) is 4.77. The average molecular weight is 267 g/mol. The van der Waals surface area contributed by atoms with Gasteiger partial charge < -0.3 is 10.2 Å². The third-order valence-electron chi connectivity index (χ3n) is 3.28. The number of hydrogen-bond donors (Lipinski definition) is 1. The highest BCUT2D eigenvalue weighted by Gasteiger charge is 2.28. The highest BCUT2D eigenvalue weighted by atomic mass is 35.5. The third kappa shape index (κ3) is 2.56. The van der Waals surface area contributed by atoms with Crippen molar-refractivity contribution in [3.63, 3.8) is 0 Å². The normalized spacial score (nSPS) is 20.5. The van der Waals surface area contributed by atoms with Crippen LogP contribution in [0.2, 0.25) is 5.15 Å². The zero-order valence-corrected chi connectivity index (χ0v) is 10.8. The molecule has 1 aliphatic heterocycles. The third-order valence-corrected chi connectivity index (χ3v) is 3.47. The number of nitrogens with zero attached hydrogens (tertiary/aromatic N) is 3. The Morgan fingerprint density at radius 3 is 2.94 bits per heavy atom. The number of carbonyl (C=O) groups excluding carboxylic acids is 1. The van der Waals surface area contributed by atoms with Gasteiger partial charge in [0.05, 0.1) is 0 Å². The van der Waals surface area contributed by atoms with Crippen LogP contribution in [0, 0.1) is 0 Å². The molecule has 0 bridgehead atoms. The first-order valence-electron chi connectivity index (χ1n) is 6.28. The van der Waals surface area contributed by atoms with Crippen molar-refractivity contribution in [2.24, 2.45) is 0 Å². The average Bonchev–Trinajstić information content (AvgIpc) is 3.15. The predicted octanol–water partition coefficient (Wildman–Crippen LogP) is 1.33. The van der Waals surface area contributed by atoms with Crippen molar-refractivity contribution in [3.05, 3.63) is 17.0 Å². The Balaban J connectivity index is 1.83. The number of hydrogen-bond acceptors (Lipinski definition) is 4. The summed E-state index contributed by atoms with van der Waals surface area (Å²) in [5.41, 5.74) is 0. The largest absolute Gasteiger partial charge is 0.354 e. The topological polar surface area (TPSA) is 58.1 Å². The Morgan fingerprint density at radius 2 is 2.17 bits per heavy atom. The molecule has 1 N–H and O–H groups in total. The Bertz CT molecular complexity index is 475. The minimum atomic E-state index is 0.0973. The van der Waals surface area contributed by atoms with Crippen LogP contribution in [0.3, 0.4) is 0 Å². The molecule has 6 heteroatoms. The Kier molecular flexibility index (Phi) is 3.07. The van der Waals surface area contributed by atoms with Crippen LogP contribution in [0.5, 0.6) is 0 Å². The van der Waals surface area contributed by atoms with Gasteiger partial charge in [0.2, 0.25) is 5.91 Å². The van der Waals surface area contributed by atoms with Crippen molar-refractivity contribution in [1.29, 1.82) is 0 Å². The second kappa shape index (κ2) is 4.72. The molecule has 1 saturated carbocycles. The van der Waals surface area contributed by atoms with Gasteiger partial charge in [-0.3, -0.25) is 4.79 Å². The molecule has 18 heavy (non-hydrogen) atoms. The minimum Gasteiger partial charge on any atom is -0.354 e. The van der Waals surface area contributed by atoms with Crippen molar-refractivity contribution >= 4 is 23.3 Å². The summed E-state index contributed by atoms with van der Waals surface area (Å²) in [6, 6.07) is 1.78. The second-order valence-corrected chi connectivity index (χ2v) is 5.16. The monoisotopic (exact) mass is 266 g/mol. The fourth-order valence-corrected chi connectivity index (χ4v) is 2.29. The van der Waals surface area contributed by atoms with E-state index < -0.39 is 0 Å². The summed E-state index contributed by atoms with van der Waals surface area (Å²) in [6.45, 7) is 2.10. The standard InChI is InChI=1S/C12H15ClN4O/c13-9-7-10(16-12(15-9)8-1-2-8)17-5-3-11(18)14-4-6-17/h7-8H,1-6H2,(H,14,18). The van der Waals surface area contributed by atoms with Crippen LogP contribution in [-0.4, -0.2) is 35.5 Å². The zero-order valence-electron chi connectivity index (χ0n) is 10.0. The quantitative estimate of drug-likeness (QED) is 0.821. The molecule has 2 aliphatic rings. The molecule has 1 amide bonds. The summed E-state index contributed by atoms with van der Waals surface area (Å²) in [5, 5.41) is 3.34. The predicted molar refractivity (Wildman–Crippen MR) is 68.9 cm³/mol. The number of amides is 1. The number of anilines is 1. The Labute approximate surface area is 111 Å². The maximum Gasteiger partial charge on any atom is 0.221 e. The van der Waals surface area contributed by atoms with Gasteiger partial charge in [-0.25, -0.2) is 9.97 Å². The maximum absolute atomic E-state index is 11.3. The van der Waals surface area contributed by atoms with E-state index in [4.69, 9.17) is 11.6 Å². The number of halogens is 1. The van der Waals surface area contributed by atoms with E-state index in [-0.39, 0.29) is 5.91 Å². The molecule has 3 rings (SSSR count). The SMILES string of the molecule is O=C1CCN(c2cc(Cl)nc(C3CC3)n2)CCN1. The summed E-state index contributed by atoms with van der Waals surface area (Å²) in [7, 11) is 0. The van der Waals surface area contributed by atoms with Crippen molar-refractivity contribution in [1.82, 2.24) is 15.3 Å². The first-order chi connectivity index (χ1) is 8.72. The lowest BCUT2D eigenvalue weighted by atomic mass is 10.3. The van der Waals surface area contributed by atoms with Crippen molar-refractivity contribution in [3.8, 4) is 0 Å². The number of rotatable bonds is 2. The smallest absolute Gasteiger partial charge is 0.221 e. The highest BCUT2D eigenvalue weighted by Crippen LogP contribution is 2.39. The van der Waals surface area contributed by atoms with E-state index in [0.29, 0.717) is 30.6 Å². The molecule has 1 aliphatic carbocycles. The molecule has 0 spiro atoms. The molecule has 2 fully saturated rings. The maximum atomic E-state index is 11.3. The summed E-state index contributed by atoms with van der Waals surface area (Å²) < 4.78 is 0. The van der Waals surface area contributed by atoms with E-state index in [1.807, 2.05) is 0 Å². The summed E-state index contributed by atoms with van der Waals surface area (Å²) in [6.07, 6.45) is 2.81. The van der Waals surface area contributed by atoms with E-state index >= 15 is 0 Å². The van der Waals surface area contributed by atoms with Crippen LogP contribution in [-0.2, 0) is 4.79 Å². The number of aromatic nitrogens is 2. The van der Waals surface area contributed by atoms with Gasteiger partial charge in [-0.05, 0) is 12.8 Å². The fourth-order valence-electron chi connectivity index (χ4n) is 2.11. The van der Waals surface area contributed by atoms with E-state index in [1.54, 1.807) is 6.07 Å². The minimum absolute atomic E-state index is 0.0973. The molecule has 96 valence electrons. The van der Waals surface area contributed by atoms with Crippen LogP contribution in [0.4, 0.5) is 5.82 Å². The van der Waals surface area contributed by atoms with Gasteiger partial charge in [-0.15, -0.1) is 0 Å². The molecule has 0 aromatic carbocycles.